The maximum absolute atomic E-state index is 10.5. The number of rotatable bonds is 1. The second kappa shape index (κ2) is 1.97. The molecule has 1 heterocycles. The minimum absolute atomic E-state index is 0.108. The summed E-state index contributed by atoms with van der Waals surface area (Å²) in [5.41, 5.74) is 0.289. The molecule has 0 aromatic carbocycles. The van der Waals surface area contributed by atoms with Crippen LogP contribution in [-0.2, 0) is 7.05 Å². The lowest BCUT2D eigenvalue weighted by Crippen LogP contribution is -1.96. The molecule has 47 valence electrons. The highest BCUT2D eigenvalue weighted by Crippen LogP contribution is 1.88. The number of Topliss-reactive ketones (excluding diaryl/α,β-unsaturated/α-hetero) is 1. The highest BCUT2D eigenvalue weighted by atomic mass is 16.1. The Balaban J connectivity index is 2.98. The zero-order chi connectivity index (χ0) is 6.85. The number of aryl methyl sites for hydroxylation is 1. The van der Waals surface area contributed by atoms with Gasteiger partial charge < -0.3 is 0 Å². The van der Waals surface area contributed by atoms with Gasteiger partial charge in [0.1, 0.15) is 6.20 Å². The van der Waals surface area contributed by atoms with E-state index in [1.165, 1.54) is 11.7 Å². The fourth-order valence-corrected chi connectivity index (χ4v) is 0.458. The normalized spacial score (nSPS) is 9.56. The van der Waals surface area contributed by atoms with E-state index in [-0.39, 0.29) is 11.5 Å². The van der Waals surface area contributed by atoms with E-state index in [4.69, 9.17) is 0 Å². The van der Waals surface area contributed by atoms with E-state index in [0.717, 1.165) is 0 Å². The van der Waals surface area contributed by atoms with Gasteiger partial charge in [0.25, 0.3) is 0 Å². The van der Waals surface area contributed by atoms with Crippen LogP contribution in [0.15, 0.2) is 0 Å². The third-order valence-electron chi connectivity index (χ3n) is 0.879. The summed E-state index contributed by atoms with van der Waals surface area (Å²) in [6.45, 7) is 1.43. The third kappa shape index (κ3) is 1.13. The first-order valence-electron chi connectivity index (χ1n) is 2.50. The van der Waals surface area contributed by atoms with Crippen LogP contribution >= 0.6 is 0 Å². The minimum Gasteiger partial charge on any atom is -0.293 e. The first kappa shape index (κ1) is 5.94. The average molecular weight is 124 g/mol. The molecule has 0 saturated carbocycles. The molecule has 0 spiro atoms. The Kier molecular flexibility index (Phi) is 1.30. The van der Waals surface area contributed by atoms with Crippen molar-refractivity contribution in [3.63, 3.8) is 0 Å². The molecule has 0 aliphatic carbocycles. The van der Waals surface area contributed by atoms with E-state index in [2.05, 4.69) is 16.4 Å². The number of ketones is 1. The molecule has 4 nitrogen and oxygen atoms in total. The lowest BCUT2D eigenvalue weighted by Gasteiger charge is -1.80. The number of hydrogen-bond donors (Lipinski definition) is 0. The molecule has 0 aliphatic rings. The maximum atomic E-state index is 10.5. The Hall–Kier alpha value is -1.19. The summed E-state index contributed by atoms with van der Waals surface area (Å²) in [5, 5.41) is 7.31. The zero-order valence-electron chi connectivity index (χ0n) is 5.25. The number of aromatic nitrogens is 3. The van der Waals surface area contributed by atoms with E-state index in [0.29, 0.717) is 0 Å². The van der Waals surface area contributed by atoms with Gasteiger partial charge in [0.15, 0.2) is 11.5 Å². The Labute approximate surface area is 52.5 Å². The molecule has 1 aromatic rings. The summed E-state index contributed by atoms with van der Waals surface area (Å²) in [5.74, 6) is -0.108. The highest BCUT2D eigenvalue weighted by molar-refractivity contribution is 5.91. The highest BCUT2D eigenvalue weighted by Gasteiger charge is 2.02. The minimum atomic E-state index is -0.108. The van der Waals surface area contributed by atoms with Gasteiger partial charge in [-0.05, 0) is 0 Å². The van der Waals surface area contributed by atoms with Crippen molar-refractivity contribution in [2.75, 3.05) is 0 Å². The molecule has 1 radical (unpaired) electrons. The molecular weight excluding hydrogens is 118 g/mol. The first-order chi connectivity index (χ1) is 4.20. The molecule has 0 amide bonds. The molecule has 1 rings (SSSR count). The number of carbonyl (C=O) groups is 1. The van der Waals surface area contributed by atoms with Crippen molar-refractivity contribution in [3.8, 4) is 0 Å². The summed E-state index contributed by atoms with van der Waals surface area (Å²) in [4.78, 5) is 11.8. The molecule has 0 aliphatic heterocycles. The standard InChI is InChI=1S/C5H6N3O/c1-4(9)5-3-6-8(2)7-5/h1-2H3. The van der Waals surface area contributed by atoms with Crippen LogP contribution in [-0.4, -0.2) is 20.8 Å². The molecule has 0 unspecified atom stereocenters. The van der Waals surface area contributed by atoms with Crippen LogP contribution in [0.5, 0.6) is 0 Å². The monoisotopic (exact) mass is 124 g/mol. The van der Waals surface area contributed by atoms with Gasteiger partial charge in [0.2, 0.25) is 0 Å². The maximum Gasteiger partial charge on any atom is 0.182 e. The van der Waals surface area contributed by atoms with Crippen molar-refractivity contribution < 1.29 is 4.79 Å². The molecule has 0 fully saturated rings. The quantitative estimate of drug-likeness (QED) is 0.488. The van der Waals surface area contributed by atoms with Crippen LogP contribution in [0.1, 0.15) is 17.4 Å². The fourth-order valence-electron chi connectivity index (χ4n) is 0.458. The van der Waals surface area contributed by atoms with Gasteiger partial charge in [0, 0.05) is 14.0 Å². The molecular formula is C5H6N3O. The second-order valence-corrected chi connectivity index (χ2v) is 1.71. The number of carbonyl (C=O) groups excluding carboxylic acids is 1. The van der Waals surface area contributed by atoms with E-state index in [9.17, 15) is 4.79 Å². The van der Waals surface area contributed by atoms with Crippen LogP contribution in [0.3, 0.4) is 0 Å². The van der Waals surface area contributed by atoms with Gasteiger partial charge in [-0.15, -0.1) is 5.10 Å². The van der Waals surface area contributed by atoms with Crippen LogP contribution in [0.2, 0.25) is 0 Å². The largest absolute Gasteiger partial charge is 0.293 e. The summed E-state index contributed by atoms with van der Waals surface area (Å²) in [7, 11) is 1.64. The van der Waals surface area contributed by atoms with E-state index >= 15 is 0 Å². The van der Waals surface area contributed by atoms with Crippen LogP contribution in [0.4, 0.5) is 0 Å². The first-order valence-corrected chi connectivity index (χ1v) is 2.50. The second-order valence-electron chi connectivity index (χ2n) is 1.71. The van der Waals surface area contributed by atoms with Crippen LogP contribution in [0.25, 0.3) is 0 Å². The SMILES string of the molecule is CC(=O)c1[c]nn(C)n1. The Morgan fingerprint density at radius 3 is 2.67 bits per heavy atom. The van der Waals surface area contributed by atoms with Gasteiger partial charge in [-0.3, -0.25) is 4.79 Å². The van der Waals surface area contributed by atoms with Gasteiger partial charge >= 0.3 is 0 Å². The Morgan fingerprint density at radius 1 is 1.78 bits per heavy atom. The lowest BCUT2D eigenvalue weighted by molar-refractivity contribution is 0.101. The molecule has 4 heteroatoms. The predicted molar refractivity (Wildman–Crippen MR) is 29.8 cm³/mol. The molecule has 1 aromatic heterocycles. The average Bonchev–Trinajstić information content (AvgIpc) is 2.14. The van der Waals surface area contributed by atoms with Crippen LogP contribution < -0.4 is 0 Å². The van der Waals surface area contributed by atoms with Crippen molar-refractivity contribution in [3.05, 3.63) is 11.9 Å². The van der Waals surface area contributed by atoms with E-state index in [1.807, 2.05) is 0 Å². The topological polar surface area (TPSA) is 47.8 Å². The van der Waals surface area contributed by atoms with Crippen molar-refractivity contribution >= 4 is 5.78 Å². The molecule has 0 N–H and O–H groups in total. The van der Waals surface area contributed by atoms with Gasteiger partial charge in [0.05, 0.1) is 0 Å². The number of hydrogen-bond acceptors (Lipinski definition) is 3. The molecule has 0 bridgehead atoms. The van der Waals surface area contributed by atoms with Crippen molar-refractivity contribution in [1.29, 1.82) is 0 Å². The summed E-state index contributed by atoms with van der Waals surface area (Å²) < 4.78 is 0. The van der Waals surface area contributed by atoms with Crippen molar-refractivity contribution in [1.82, 2.24) is 15.0 Å². The zero-order valence-corrected chi connectivity index (χ0v) is 5.25. The Morgan fingerprint density at radius 2 is 2.44 bits per heavy atom. The number of nitrogens with zero attached hydrogens (tertiary/aromatic N) is 3. The molecule has 0 saturated heterocycles. The Bertz CT molecular complexity index is 228. The smallest absolute Gasteiger partial charge is 0.182 e. The fraction of sp³-hybridized carbons (Fsp3) is 0.400. The van der Waals surface area contributed by atoms with Gasteiger partial charge in [-0.25, -0.2) is 0 Å². The van der Waals surface area contributed by atoms with E-state index in [1.54, 1.807) is 7.05 Å². The summed E-state index contributed by atoms with van der Waals surface area (Å²) >= 11 is 0. The van der Waals surface area contributed by atoms with Crippen molar-refractivity contribution in [2.24, 2.45) is 7.05 Å². The predicted octanol–water partition coefficient (Wildman–Crippen LogP) is -0.182. The third-order valence-corrected chi connectivity index (χ3v) is 0.879. The summed E-state index contributed by atoms with van der Waals surface area (Å²) in [6.07, 6.45) is 2.46. The van der Waals surface area contributed by atoms with Crippen molar-refractivity contribution in [2.45, 2.75) is 6.92 Å². The summed E-state index contributed by atoms with van der Waals surface area (Å²) in [6, 6.07) is 0. The molecule has 9 heavy (non-hydrogen) atoms. The van der Waals surface area contributed by atoms with Crippen LogP contribution in [0, 0.1) is 6.20 Å². The molecule has 0 atom stereocenters. The van der Waals surface area contributed by atoms with E-state index < -0.39 is 0 Å². The van der Waals surface area contributed by atoms with Gasteiger partial charge in [-0.2, -0.15) is 9.90 Å². The van der Waals surface area contributed by atoms with Gasteiger partial charge in [-0.1, -0.05) is 0 Å². The lowest BCUT2D eigenvalue weighted by atomic mass is 10.3.